The highest BCUT2D eigenvalue weighted by Gasteiger charge is 2.59. The highest BCUT2D eigenvalue weighted by Crippen LogP contribution is 2.41. The topological polar surface area (TPSA) is 38.0 Å². The summed E-state index contributed by atoms with van der Waals surface area (Å²) in [6.07, 6.45) is -11.5. The molecule has 0 saturated heterocycles. The molecule has 0 fully saturated rings. The molecule has 1 unspecified atom stereocenters. The van der Waals surface area contributed by atoms with Crippen LogP contribution in [0.5, 0.6) is 0 Å². The summed E-state index contributed by atoms with van der Waals surface area (Å²) in [7, 11) is 0. The van der Waals surface area contributed by atoms with Gasteiger partial charge >= 0.3 is 12.4 Å². The fraction of sp³-hybridized carbons (Fsp3) is 0.750. The first-order valence-corrected chi connectivity index (χ1v) is 4.13. The van der Waals surface area contributed by atoms with Crippen LogP contribution in [0.1, 0.15) is 13.3 Å². The van der Waals surface area contributed by atoms with Crippen molar-refractivity contribution in [3.05, 3.63) is 0 Å². The lowest BCUT2D eigenvalue weighted by molar-refractivity contribution is -0.291. The highest BCUT2D eigenvalue weighted by molar-refractivity contribution is 5.01. The molecule has 8 heteroatoms. The average molecular weight is 248 g/mol. The molecule has 0 heterocycles. The minimum atomic E-state index is -5.41. The number of hydrazine groups is 1. The SMILES string of the molecule is CC#CCC(NN)C(C(F)(F)F)C(F)(F)F. The summed E-state index contributed by atoms with van der Waals surface area (Å²) in [6.45, 7) is 1.31. The second kappa shape index (κ2) is 5.41. The van der Waals surface area contributed by atoms with Crippen molar-refractivity contribution in [3.8, 4) is 11.8 Å². The highest BCUT2D eigenvalue weighted by atomic mass is 19.4. The standard InChI is InChI=1S/C8H10F6N2/c1-2-3-4-5(16-15)6(7(9,10)11)8(12,13)14/h5-6,16H,4,15H2,1H3. The molecular weight excluding hydrogens is 238 g/mol. The molecule has 0 aliphatic heterocycles. The Morgan fingerprint density at radius 1 is 1.12 bits per heavy atom. The van der Waals surface area contributed by atoms with Crippen molar-refractivity contribution < 1.29 is 26.3 Å². The molecule has 0 radical (unpaired) electrons. The molecule has 94 valence electrons. The van der Waals surface area contributed by atoms with Crippen LogP contribution in [0.3, 0.4) is 0 Å². The predicted octanol–water partition coefficient (Wildman–Crippen LogP) is 1.97. The summed E-state index contributed by atoms with van der Waals surface area (Å²) in [5.41, 5.74) is 1.51. The quantitative estimate of drug-likeness (QED) is 0.347. The Balaban J connectivity index is 5.05. The third-order valence-electron chi connectivity index (χ3n) is 1.82. The van der Waals surface area contributed by atoms with E-state index >= 15 is 0 Å². The predicted molar refractivity (Wildman–Crippen MR) is 44.8 cm³/mol. The molecule has 0 aromatic heterocycles. The van der Waals surface area contributed by atoms with Crippen molar-refractivity contribution in [2.45, 2.75) is 31.7 Å². The Bertz CT molecular complexity index is 257. The summed E-state index contributed by atoms with van der Waals surface area (Å²) in [6, 6.07) is -2.01. The summed E-state index contributed by atoms with van der Waals surface area (Å²) in [5, 5.41) is 0. The Morgan fingerprint density at radius 3 is 1.81 bits per heavy atom. The van der Waals surface area contributed by atoms with Crippen molar-refractivity contribution in [2.75, 3.05) is 0 Å². The van der Waals surface area contributed by atoms with Crippen LogP contribution in [-0.4, -0.2) is 18.4 Å². The van der Waals surface area contributed by atoms with Crippen LogP contribution in [-0.2, 0) is 0 Å². The lowest BCUT2D eigenvalue weighted by atomic mass is 9.96. The van der Waals surface area contributed by atoms with Gasteiger partial charge in [0.25, 0.3) is 0 Å². The molecule has 0 aliphatic carbocycles. The van der Waals surface area contributed by atoms with E-state index in [4.69, 9.17) is 5.84 Å². The normalized spacial score (nSPS) is 14.6. The molecule has 0 aliphatic rings. The largest absolute Gasteiger partial charge is 0.402 e. The third kappa shape index (κ3) is 4.28. The van der Waals surface area contributed by atoms with E-state index in [9.17, 15) is 26.3 Å². The Labute approximate surface area is 88.1 Å². The molecule has 0 aromatic carbocycles. The molecule has 0 amide bonds. The van der Waals surface area contributed by atoms with Gasteiger partial charge in [-0.15, -0.1) is 11.8 Å². The number of hydrogen-bond acceptors (Lipinski definition) is 2. The summed E-state index contributed by atoms with van der Waals surface area (Å²) < 4.78 is 73.3. The van der Waals surface area contributed by atoms with Gasteiger partial charge in [0.2, 0.25) is 0 Å². The van der Waals surface area contributed by atoms with Crippen LogP contribution in [0.25, 0.3) is 0 Å². The number of nitrogens with one attached hydrogen (secondary N) is 1. The first-order valence-electron chi connectivity index (χ1n) is 4.13. The zero-order chi connectivity index (χ0) is 13.0. The van der Waals surface area contributed by atoms with Gasteiger partial charge in [0.1, 0.15) is 0 Å². The van der Waals surface area contributed by atoms with Gasteiger partial charge in [-0.1, -0.05) is 0 Å². The first kappa shape index (κ1) is 15.1. The number of halogens is 6. The van der Waals surface area contributed by atoms with E-state index in [1.807, 2.05) is 0 Å². The summed E-state index contributed by atoms with van der Waals surface area (Å²) >= 11 is 0. The minimum absolute atomic E-state index is 0.628. The summed E-state index contributed by atoms with van der Waals surface area (Å²) in [5.74, 6) is 5.51. The van der Waals surface area contributed by atoms with Crippen LogP contribution < -0.4 is 11.3 Å². The fourth-order valence-electron chi connectivity index (χ4n) is 1.13. The molecule has 1 atom stereocenters. The van der Waals surface area contributed by atoms with Crippen LogP contribution in [0.4, 0.5) is 26.3 Å². The van der Waals surface area contributed by atoms with E-state index in [0.29, 0.717) is 0 Å². The van der Waals surface area contributed by atoms with Crippen molar-refractivity contribution in [3.63, 3.8) is 0 Å². The van der Waals surface area contributed by atoms with Gasteiger partial charge in [-0.25, -0.2) is 0 Å². The zero-order valence-corrected chi connectivity index (χ0v) is 8.21. The van der Waals surface area contributed by atoms with Gasteiger partial charge in [0, 0.05) is 6.42 Å². The molecule has 0 spiro atoms. The van der Waals surface area contributed by atoms with Crippen LogP contribution in [0, 0.1) is 17.8 Å². The van der Waals surface area contributed by atoms with E-state index < -0.39 is 30.7 Å². The zero-order valence-electron chi connectivity index (χ0n) is 8.21. The third-order valence-corrected chi connectivity index (χ3v) is 1.82. The van der Waals surface area contributed by atoms with Gasteiger partial charge in [-0.3, -0.25) is 11.3 Å². The Hall–Kier alpha value is -0.940. The first-order chi connectivity index (χ1) is 7.14. The number of alkyl halides is 6. The molecule has 0 rings (SSSR count). The maximum absolute atomic E-state index is 12.2. The van der Waals surface area contributed by atoms with Gasteiger partial charge in [0.05, 0.1) is 6.04 Å². The average Bonchev–Trinajstić information content (AvgIpc) is 2.07. The molecule has 3 N–H and O–H groups in total. The van der Waals surface area contributed by atoms with Gasteiger partial charge < -0.3 is 0 Å². The molecule has 2 nitrogen and oxygen atoms in total. The van der Waals surface area contributed by atoms with Crippen LogP contribution in [0.15, 0.2) is 0 Å². The number of hydrogen-bond donors (Lipinski definition) is 2. The maximum Gasteiger partial charge on any atom is 0.402 e. The smallest absolute Gasteiger partial charge is 0.271 e. The molecule has 0 saturated carbocycles. The van der Waals surface area contributed by atoms with Gasteiger partial charge in [0.15, 0.2) is 5.92 Å². The van der Waals surface area contributed by atoms with E-state index in [0.717, 1.165) is 0 Å². The lowest BCUT2D eigenvalue weighted by Crippen LogP contribution is -2.52. The van der Waals surface area contributed by atoms with E-state index in [1.54, 1.807) is 0 Å². The molecule has 16 heavy (non-hydrogen) atoms. The second-order valence-electron chi connectivity index (χ2n) is 2.96. The van der Waals surface area contributed by atoms with E-state index in [2.05, 4.69) is 11.8 Å². The van der Waals surface area contributed by atoms with Crippen molar-refractivity contribution in [2.24, 2.45) is 11.8 Å². The number of rotatable bonds is 3. The van der Waals surface area contributed by atoms with Crippen LogP contribution >= 0.6 is 0 Å². The van der Waals surface area contributed by atoms with Crippen LogP contribution in [0.2, 0.25) is 0 Å². The monoisotopic (exact) mass is 248 g/mol. The maximum atomic E-state index is 12.2. The van der Waals surface area contributed by atoms with Crippen molar-refractivity contribution in [1.29, 1.82) is 0 Å². The molecule has 0 aromatic rings. The lowest BCUT2D eigenvalue weighted by Gasteiger charge is -2.28. The van der Waals surface area contributed by atoms with Crippen molar-refractivity contribution >= 4 is 0 Å². The van der Waals surface area contributed by atoms with E-state index in [-0.39, 0.29) is 0 Å². The Morgan fingerprint density at radius 2 is 1.56 bits per heavy atom. The number of nitrogens with two attached hydrogens (primary N) is 1. The summed E-state index contributed by atoms with van der Waals surface area (Å²) in [4.78, 5) is 0. The second-order valence-corrected chi connectivity index (χ2v) is 2.96. The van der Waals surface area contributed by atoms with Crippen molar-refractivity contribution in [1.82, 2.24) is 5.43 Å². The van der Waals surface area contributed by atoms with Gasteiger partial charge in [-0.05, 0) is 6.92 Å². The fourth-order valence-corrected chi connectivity index (χ4v) is 1.13. The minimum Gasteiger partial charge on any atom is -0.271 e. The molecule has 0 bridgehead atoms. The van der Waals surface area contributed by atoms with E-state index in [1.165, 1.54) is 12.3 Å². The van der Waals surface area contributed by atoms with Gasteiger partial charge in [-0.2, -0.15) is 26.3 Å². The Kier molecular flexibility index (Phi) is 5.09. The molecular formula is C8H10F6N2.